The maximum atomic E-state index is 12.4. The molecule has 0 amide bonds. The largest absolute Gasteiger partial charge is 0.398 e. The lowest BCUT2D eigenvalue weighted by molar-refractivity contribution is 0.288. The van der Waals surface area contributed by atoms with Crippen LogP contribution in [0.5, 0.6) is 0 Å². The molecular weight excluding hydrogens is 316 g/mol. The van der Waals surface area contributed by atoms with Gasteiger partial charge in [0.25, 0.3) is 0 Å². The lowest BCUT2D eigenvalue weighted by atomic mass is 10.0. The van der Waals surface area contributed by atoms with E-state index in [1.165, 1.54) is 6.07 Å². The number of benzene rings is 1. The molecule has 0 atom stereocenters. The molecule has 6 heteroatoms. The first-order valence-corrected chi connectivity index (χ1v) is 8.20. The molecule has 2 rings (SSSR count). The van der Waals surface area contributed by atoms with Crippen LogP contribution in [0.1, 0.15) is 19.8 Å². The number of hydrogen-bond donors (Lipinski definition) is 1. The van der Waals surface area contributed by atoms with Gasteiger partial charge in [-0.3, -0.25) is 0 Å². The SMILES string of the molecule is CC1CCN(S(=O)(=O)c2ccc(Br)c(N)c2)CC1. The Balaban J connectivity index is 2.27. The van der Waals surface area contributed by atoms with Gasteiger partial charge in [0.2, 0.25) is 10.0 Å². The number of nitrogens with two attached hydrogens (primary N) is 1. The van der Waals surface area contributed by atoms with Gasteiger partial charge in [-0.15, -0.1) is 0 Å². The van der Waals surface area contributed by atoms with E-state index in [0.29, 0.717) is 29.2 Å². The van der Waals surface area contributed by atoms with Gasteiger partial charge >= 0.3 is 0 Å². The minimum atomic E-state index is -3.39. The molecule has 0 bridgehead atoms. The second kappa shape index (κ2) is 5.19. The van der Waals surface area contributed by atoms with E-state index < -0.39 is 10.0 Å². The number of halogens is 1. The molecule has 0 aromatic heterocycles. The van der Waals surface area contributed by atoms with Gasteiger partial charge in [-0.25, -0.2) is 8.42 Å². The minimum Gasteiger partial charge on any atom is -0.398 e. The van der Waals surface area contributed by atoms with E-state index in [0.717, 1.165) is 12.8 Å². The average molecular weight is 333 g/mol. The van der Waals surface area contributed by atoms with Crippen molar-refractivity contribution in [2.45, 2.75) is 24.7 Å². The van der Waals surface area contributed by atoms with Crippen molar-refractivity contribution >= 4 is 31.6 Å². The van der Waals surface area contributed by atoms with Gasteiger partial charge in [-0.2, -0.15) is 4.31 Å². The number of rotatable bonds is 2. The maximum Gasteiger partial charge on any atom is 0.243 e. The molecule has 0 saturated carbocycles. The quantitative estimate of drug-likeness (QED) is 0.846. The predicted molar refractivity (Wildman–Crippen MR) is 75.7 cm³/mol. The van der Waals surface area contributed by atoms with E-state index in [4.69, 9.17) is 5.73 Å². The molecule has 0 aliphatic carbocycles. The first kappa shape index (κ1) is 13.8. The molecule has 0 radical (unpaired) electrons. The predicted octanol–water partition coefficient (Wildman–Crippen LogP) is 2.45. The highest BCUT2D eigenvalue weighted by Crippen LogP contribution is 2.27. The molecule has 1 aromatic carbocycles. The lowest BCUT2D eigenvalue weighted by Crippen LogP contribution is -2.37. The molecule has 1 saturated heterocycles. The van der Waals surface area contributed by atoms with E-state index in [1.807, 2.05) is 0 Å². The van der Waals surface area contributed by atoms with Gasteiger partial charge in [0, 0.05) is 23.2 Å². The van der Waals surface area contributed by atoms with Gasteiger partial charge in [0.1, 0.15) is 0 Å². The van der Waals surface area contributed by atoms with Crippen LogP contribution in [-0.2, 0) is 10.0 Å². The highest BCUT2D eigenvalue weighted by Gasteiger charge is 2.28. The molecular formula is C12H17BrN2O2S. The van der Waals surface area contributed by atoms with E-state index in [1.54, 1.807) is 16.4 Å². The van der Waals surface area contributed by atoms with Crippen LogP contribution in [-0.4, -0.2) is 25.8 Å². The normalized spacial score (nSPS) is 19.0. The first-order valence-electron chi connectivity index (χ1n) is 5.96. The Hall–Kier alpha value is -0.590. The number of nitrogens with zero attached hydrogens (tertiary/aromatic N) is 1. The average Bonchev–Trinajstić information content (AvgIpc) is 2.33. The van der Waals surface area contributed by atoms with Crippen LogP contribution >= 0.6 is 15.9 Å². The Bertz CT molecular complexity index is 537. The van der Waals surface area contributed by atoms with Crippen LogP contribution in [0.15, 0.2) is 27.6 Å². The molecule has 1 aliphatic rings. The Morgan fingerprint density at radius 1 is 1.33 bits per heavy atom. The van der Waals surface area contributed by atoms with Crippen molar-refractivity contribution in [3.63, 3.8) is 0 Å². The van der Waals surface area contributed by atoms with Crippen LogP contribution in [0.3, 0.4) is 0 Å². The summed E-state index contributed by atoms with van der Waals surface area (Å²) in [6.45, 7) is 3.35. The van der Waals surface area contributed by atoms with Crippen molar-refractivity contribution in [2.75, 3.05) is 18.8 Å². The zero-order chi connectivity index (χ0) is 13.3. The molecule has 0 spiro atoms. The highest BCUT2D eigenvalue weighted by atomic mass is 79.9. The molecule has 100 valence electrons. The van der Waals surface area contributed by atoms with Crippen molar-refractivity contribution in [2.24, 2.45) is 5.92 Å². The fourth-order valence-corrected chi connectivity index (χ4v) is 3.81. The summed E-state index contributed by atoms with van der Waals surface area (Å²) in [5.41, 5.74) is 6.18. The minimum absolute atomic E-state index is 0.276. The van der Waals surface area contributed by atoms with Gasteiger partial charge in [0.05, 0.1) is 4.90 Å². The number of anilines is 1. The monoisotopic (exact) mass is 332 g/mol. The summed E-state index contributed by atoms with van der Waals surface area (Å²) in [7, 11) is -3.39. The Morgan fingerprint density at radius 2 is 1.94 bits per heavy atom. The van der Waals surface area contributed by atoms with Crippen molar-refractivity contribution in [1.29, 1.82) is 0 Å². The zero-order valence-electron chi connectivity index (χ0n) is 10.3. The summed E-state index contributed by atoms with van der Waals surface area (Å²) < 4.78 is 27.1. The van der Waals surface area contributed by atoms with Crippen molar-refractivity contribution < 1.29 is 8.42 Å². The third-order valence-electron chi connectivity index (χ3n) is 3.35. The molecule has 1 heterocycles. The van der Waals surface area contributed by atoms with Gasteiger partial charge in [-0.05, 0) is 52.9 Å². The third-order valence-corrected chi connectivity index (χ3v) is 5.96. The molecule has 1 aliphatic heterocycles. The van der Waals surface area contributed by atoms with E-state index >= 15 is 0 Å². The fraction of sp³-hybridized carbons (Fsp3) is 0.500. The molecule has 4 nitrogen and oxygen atoms in total. The summed E-state index contributed by atoms with van der Waals surface area (Å²) in [6, 6.07) is 4.78. The van der Waals surface area contributed by atoms with Gasteiger partial charge in [0.15, 0.2) is 0 Å². The number of piperidine rings is 1. The molecule has 1 aromatic rings. The van der Waals surface area contributed by atoms with Gasteiger partial charge in [-0.1, -0.05) is 6.92 Å². The summed E-state index contributed by atoms with van der Waals surface area (Å²) in [5, 5.41) is 0. The Morgan fingerprint density at radius 3 is 2.50 bits per heavy atom. The molecule has 0 unspecified atom stereocenters. The zero-order valence-corrected chi connectivity index (χ0v) is 12.7. The van der Waals surface area contributed by atoms with Crippen LogP contribution < -0.4 is 5.73 Å². The number of sulfonamides is 1. The van der Waals surface area contributed by atoms with Crippen LogP contribution in [0, 0.1) is 5.92 Å². The lowest BCUT2D eigenvalue weighted by Gasteiger charge is -2.29. The molecule has 2 N–H and O–H groups in total. The molecule has 18 heavy (non-hydrogen) atoms. The summed E-state index contributed by atoms with van der Waals surface area (Å²) in [6.07, 6.45) is 1.84. The number of nitrogen functional groups attached to an aromatic ring is 1. The van der Waals surface area contributed by atoms with Crippen LogP contribution in [0.4, 0.5) is 5.69 Å². The molecule has 1 fully saturated rings. The smallest absolute Gasteiger partial charge is 0.243 e. The topological polar surface area (TPSA) is 63.4 Å². The standard InChI is InChI=1S/C12H17BrN2O2S/c1-9-4-6-15(7-5-9)18(16,17)10-2-3-11(13)12(14)8-10/h2-3,8-9H,4-7,14H2,1H3. The first-order chi connectivity index (χ1) is 8.41. The van der Waals surface area contributed by atoms with E-state index in [2.05, 4.69) is 22.9 Å². The van der Waals surface area contributed by atoms with Crippen molar-refractivity contribution in [1.82, 2.24) is 4.31 Å². The summed E-state index contributed by atoms with van der Waals surface area (Å²) in [4.78, 5) is 0.276. The Labute approximate surface area is 116 Å². The van der Waals surface area contributed by atoms with Crippen molar-refractivity contribution in [3.05, 3.63) is 22.7 Å². The van der Waals surface area contributed by atoms with E-state index in [-0.39, 0.29) is 4.90 Å². The van der Waals surface area contributed by atoms with Crippen LogP contribution in [0.25, 0.3) is 0 Å². The van der Waals surface area contributed by atoms with Gasteiger partial charge < -0.3 is 5.73 Å². The third kappa shape index (κ3) is 2.70. The maximum absolute atomic E-state index is 12.4. The number of hydrogen-bond acceptors (Lipinski definition) is 3. The summed E-state index contributed by atoms with van der Waals surface area (Å²) in [5.74, 6) is 0.603. The second-order valence-corrected chi connectivity index (χ2v) is 7.56. The second-order valence-electron chi connectivity index (χ2n) is 4.77. The summed E-state index contributed by atoms with van der Waals surface area (Å²) >= 11 is 3.27. The van der Waals surface area contributed by atoms with E-state index in [9.17, 15) is 8.42 Å². The fourth-order valence-electron chi connectivity index (χ4n) is 2.06. The highest BCUT2D eigenvalue weighted by molar-refractivity contribution is 9.10. The van der Waals surface area contributed by atoms with Crippen molar-refractivity contribution in [3.8, 4) is 0 Å². The van der Waals surface area contributed by atoms with Crippen LogP contribution in [0.2, 0.25) is 0 Å². The Kier molecular flexibility index (Phi) is 3.99.